The fraction of sp³-hybridized carbons (Fsp3) is 0.500. The highest BCUT2D eigenvalue weighted by Crippen LogP contribution is 2.30. The molecule has 1 N–H and O–H groups in total. The zero-order valence-electron chi connectivity index (χ0n) is 9.79. The number of ether oxygens (including phenoxy) is 2. The topological polar surface area (TPSA) is 38.7 Å². The molecule has 0 amide bonds. The number of rotatable bonds is 5. The molecule has 0 radical (unpaired) electrons. The van der Waals surface area contributed by atoms with Gasteiger partial charge in [-0.2, -0.15) is 0 Å². The van der Waals surface area contributed by atoms with Gasteiger partial charge in [0.15, 0.2) is 11.5 Å². The molecule has 0 spiro atoms. The standard InChI is InChI=1S/C12H17BrO3/c1-4-12(2,14)8-16-10-6-5-9(13)7-11(10)15-3/h5-7,14H,4,8H2,1-3H3. The second kappa shape index (κ2) is 5.55. The van der Waals surface area contributed by atoms with E-state index in [4.69, 9.17) is 9.47 Å². The maximum Gasteiger partial charge on any atom is 0.161 e. The molecule has 4 heteroatoms. The Bertz CT molecular complexity index is 350. The Labute approximate surface area is 105 Å². The van der Waals surface area contributed by atoms with E-state index in [1.165, 1.54) is 0 Å². The molecule has 0 aliphatic carbocycles. The van der Waals surface area contributed by atoms with Gasteiger partial charge in [0.2, 0.25) is 0 Å². The summed E-state index contributed by atoms with van der Waals surface area (Å²) >= 11 is 3.36. The van der Waals surface area contributed by atoms with E-state index >= 15 is 0 Å². The van der Waals surface area contributed by atoms with Gasteiger partial charge in [0.05, 0.1) is 12.7 Å². The van der Waals surface area contributed by atoms with Crippen LogP contribution in [0, 0.1) is 0 Å². The summed E-state index contributed by atoms with van der Waals surface area (Å²) in [4.78, 5) is 0. The lowest BCUT2D eigenvalue weighted by Gasteiger charge is -2.22. The molecular formula is C12H17BrO3. The number of hydrogen-bond donors (Lipinski definition) is 1. The van der Waals surface area contributed by atoms with Crippen LogP contribution in [0.4, 0.5) is 0 Å². The molecule has 16 heavy (non-hydrogen) atoms. The molecule has 3 nitrogen and oxygen atoms in total. The van der Waals surface area contributed by atoms with E-state index in [1.54, 1.807) is 14.0 Å². The second-order valence-electron chi connectivity index (χ2n) is 3.93. The quantitative estimate of drug-likeness (QED) is 0.905. The van der Waals surface area contributed by atoms with Crippen LogP contribution in [0.15, 0.2) is 22.7 Å². The first-order valence-electron chi connectivity index (χ1n) is 5.17. The Hall–Kier alpha value is -0.740. The van der Waals surface area contributed by atoms with Crippen LogP contribution in [-0.2, 0) is 0 Å². The second-order valence-corrected chi connectivity index (χ2v) is 4.85. The van der Waals surface area contributed by atoms with Gasteiger partial charge in [-0.1, -0.05) is 22.9 Å². The minimum Gasteiger partial charge on any atom is -0.493 e. The lowest BCUT2D eigenvalue weighted by molar-refractivity contribution is 0.00775. The summed E-state index contributed by atoms with van der Waals surface area (Å²) < 4.78 is 11.7. The number of halogens is 1. The minimum atomic E-state index is -0.807. The van der Waals surface area contributed by atoms with Gasteiger partial charge >= 0.3 is 0 Å². The number of aliphatic hydroxyl groups is 1. The Balaban J connectivity index is 2.74. The summed E-state index contributed by atoms with van der Waals surface area (Å²) in [5, 5.41) is 9.83. The normalized spacial score (nSPS) is 14.3. The van der Waals surface area contributed by atoms with Crippen molar-refractivity contribution in [3.05, 3.63) is 22.7 Å². The summed E-state index contributed by atoms with van der Waals surface area (Å²) in [5.74, 6) is 1.29. The molecule has 0 aliphatic heterocycles. The third-order valence-corrected chi connectivity index (χ3v) is 2.92. The third kappa shape index (κ3) is 3.68. The average Bonchev–Trinajstić information content (AvgIpc) is 2.27. The predicted molar refractivity (Wildman–Crippen MR) is 67.1 cm³/mol. The smallest absolute Gasteiger partial charge is 0.161 e. The van der Waals surface area contributed by atoms with Crippen LogP contribution in [0.3, 0.4) is 0 Å². The molecule has 1 aromatic rings. The molecular weight excluding hydrogens is 272 g/mol. The van der Waals surface area contributed by atoms with E-state index in [1.807, 2.05) is 25.1 Å². The van der Waals surface area contributed by atoms with Crippen LogP contribution in [0.5, 0.6) is 11.5 Å². The van der Waals surface area contributed by atoms with Crippen LogP contribution >= 0.6 is 15.9 Å². The van der Waals surface area contributed by atoms with Gasteiger partial charge in [0, 0.05) is 4.47 Å². The molecule has 1 unspecified atom stereocenters. The number of benzene rings is 1. The van der Waals surface area contributed by atoms with Gasteiger partial charge in [-0.3, -0.25) is 0 Å². The van der Waals surface area contributed by atoms with Crippen molar-refractivity contribution in [3.8, 4) is 11.5 Å². The van der Waals surface area contributed by atoms with Gasteiger partial charge in [-0.15, -0.1) is 0 Å². The van der Waals surface area contributed by atoms with E-state index in [0.29, 0.717) is 17.9 Å². The summed E-state index contributed by atoms with van der Waals surface area (Å²) in [6, 6.07) is 5.52. The molecule has 0 aromatic heterocycles. The van der Waals surface area contributed by atoms with Gasteiger partial charge in [0.25, 0.3) is 0 Å². The molecule has 0 aliphatic rings. The Morgan fingerprint density at radius 2 is 2.06 bits per heavy atom. The van der Waals surface area contributed by atoms with Crippen LogP contribution in [0.2, 0.25) is 0 Å². The van der Waals surface area contributed by atoms with E-state index in [2.05, 4.69) is 15.9 Å². The first kappa shape index (κ1) is 13.3. The average molecular weight is 289 g/mol. The Morgan fingerprint density at radius 3 is 2.62 bits per heavy atom. The molecule has 1 rings (SSSR count). The first-order chi connectivity index (χ1) is 7.48. The largest absolute Gasteiger partial charge is 0.493 e. The predicted octanol–water partition coefficient (Wildman–Crippen LogP) is 3.00. The van der Waals surface area contributed by atoms with E-state index in [-0.39, 0.29) is 6.61 Å². The fourth-order valence-electron chi connectivity index (χ4n) is 1.10. The summed E-state index contributed by atoms with van der Waals surface area (Å²) in [7, 11) is 1.59. The van der Waals surface area contributed by atoms with Crippen molar-refractivity contribution in [1.29, 1.82) is 0 Å². The molecule has 90 valence electrons. The molecule has 0 bridgehead atoms. The van der Waals surface area contributed by atoms with Gasteiger partial charge < -0.3 is 14.6 Å². The van der Waals surface area contributed by atoms with E-state index < -0.39 is 5.60 Å². The van der Waals surface area contributed by atoms with Crippen LogP contribution < -0.4 is 9.47 Å². The molecule has 0 saturated heterocycles. The van der Waals surface area contributed by atoms with Crippen LogP contribution in [0.25, 0.3) is 0 Å². The van der Waals surface area contributed by atoms with Crippen molar-refractivity contribution >= 4 is 15.9 Å². The van der Waals surface area contributed by atoms with E-state index in [0.717, 1.165) is 4.47 Å². The van der Waals surface area contributed by atoms with Crippen molar-refractivity contribution in [3.63, 3.8) is 0 Å². The van der Waals surface area contributed by atoms with Crippen molar-refractivity contribution in [2.75, 3.05) is 13.7 Å². The molecule has 1 atom stereocenters. The fourth-order valence-corrected chi connectivity index (χ4v) is 1.44. The van der Waals surface area contributed by atoms with Gasteiger partial charge in [-0.05, 0) is 31.5 Å². The Morgan fingerprint density at radius 1 is 1.38 bits per heavy atom. The number of methoxy groups -OCH3 is 1. The molecule has 0 heterocycles. The first-order valence-corrected chi connectivity index (χ1v) is 5.96. The lowest BCUT2D eigenvalue weighted by atomic mass is 10.1. The summed E-state index contributed by atoms with van der Waals surface area (Å²) in [5.41, 5.74) is -0.807. The molecule has 1 aromatic carbocycles. The SMILES string of the molecule is CCC(C)(O)COc1ccc(Br)cc1OC. The molecule has 0 saturated carbocycles. The van der Waals surface area contributed by atoms with Gasteiger partial charge in [0.1, 0.15) is 6.61 Å². The van der Waals surface area contributed by atoms with Crippen molar-refractivity contribution in [1.82, 2.24) is 0 Å². The monoisotopic (exact) mass is 288 g/mol. The highest BCUT2D eigenvalue weighted by Gasteiger charge is 2.19. The molecule has 0 fully saturated rings. The Kier molecular flexibility index (Phi) is 4.62. The highest BCUT2D eigenvalue weighted by molar-refractivity contribution is 9.10. The summed E-state index contributed by atoms with van der Waals surface area (Å²) in [6.45, 7) is 3.92. The highest BCUT2D eigenvalue weighted by atomic mass is 79.9. The zero-order valence-corrected chi connectivity index (χ0v) is 11.4. The van der Waals surface area contributed by atoms with Crippen molar-refractivity contribution in [2.45, 2.75) is 25.9 Å². The van der Waals surface area contributed by atoms with Crippen LogP contribution in [-0.4, -0.2) is 24.4 Å². The number of hydrogen-bond acceptors (Lipinski definition) is 3. The van der Waals surface area contributed by atoms with Gasteiger partial charge in [-0.25, -0.2) is 0 Å². The lowest BCUT2D eigenvalue weighted by Crippen LogP contribution is -2.31. The van der Waals surface area contributed by atoms with E-state index in [9.17, 15) is 5.11 Å². The summed E-state index contributed by atoms with van der Waals surface area (Å²) in [6.07, 6.45) is 0.645. The van der Waals surface area contributed by atoms with Crippen molar-refractivity contribution < 1.29 is 14.6 Å². The maximum atomic E-state index is 9.83. The maximum absolute atomic E-state index is 9.83. The minimum absolute atomic E-state index is 0.251. The third-order valence-electron chi connectivity index (χ3n) is 2.43. The zero-order chi connectivity index (χ0) is 12.2. The van der Waals surface area contributed by atoms with Crippen LogP contribution in [0.1, 0.15) is 20.3 Å². The van der Waals surface area contributed by atoms with Crippen molar-refractivity contribution in [2.24, 2.45) is 0 Å².